The lowest BCUT2D eigenvalue weighted by molar-refractivity contribution is 0.929. The van der Waals surface area contributed by atoms with Gasteiger partial charge in [-0.1, -0.05) is 103 Å². The van der Waals surface area contributed by atoms with Crippen molar-refractivity contribution in [1.82, 2.24) is 9.13 Å². The normalized spacial score (nSPS) is 13.0. The maximum Gasteiger partial charge on any atom is 0.0541 e. The topological polar surface area (TPSA) is 13.1 Å². The Hall–Kier alpha value is -7.36. The predicted molar refractivity (Wildman–Crippen MR) is 250 cm³/mol. The van der Waals surface area contributed by atoms with E-state index in [2.05, 4.69) is 228 Å². The van der Waals surface area contributed by atoms with E-state index in [0.717, 1.165) is 12.8 Å². The maximum atomic E-state index is 2.43. The van der Waals surface area contributed by atoms with Gasteiger partial charge in [-0.3, -0.25) is 0 Å². The van der Waals surface area contributed by atoms with E-state index in [4.69, 9.17) is 0 Å². The molecule has 0 spiro atoms. The fraction of sp³-hybridized carbons (Fsp3) is 0.0714. The van der Waals surface area contributed by atoms with Crippen molar-refractivity contribution in [2.75, 3.05) is 4.90 Å². The van der Waals surface area contributed by atoms with Crippen molar-refractivity contribution in [2.24, 2.45) is 0 Å². The Bertz CT molecular complexity index is 3240. The lowest BCUT2D eigenvalue weighted by Crippen LogP contribution is -2.18. The van der Waals surface area contributed by atoms with E-state index >= 15 is 0 Å². The number of hydrogen-bond donors (Lipinski definition) is 0. The summed E-state index contributed by atoms with van der Waals surface area (Å²) in [6.45, 7) is 4.34. The minimum atomic E-state index is 0.949. The number of para-hydroxylation sites is 3. The molecule has 2 aromatic heterocycles. The van der Waals surface area contributed by atoms with Gasteiger partial charge in [-0.05, 0) is 157 Å². The van der Waals surface area contributed by atoms with Crippen molar-refractivity contribution in [3.05, 3.63) is 223 Å². The Morgan fingerprint density at radius 1 is 0.373 bits per heavy atom. The van der Waals surface area contributed by atoms with Crippen LogP contribution in [-0.4, -0.2) is 9.13 Å². The first-order chi connectivity index (χ1) is 29.1. The number of anilines is 2. The third-order valence-electron chi connectivity index (χ3n) is 12.1. The van der Waals surface area contributed by atoms with E-state index in [0.29, 0.717) is 0 Å². The fourth-order valence-electron chi connectivity index (χ4n) is 9.33. The van der Waals surface area contributed by atoms with Crippen LogP contribution in [0.15, 0.2) is 206 Å². The SMILES string of the molecule is Cc1cccc(N(C2=CC=C(c3ccc4c(c3)c3cc(-c5ccc6c(c5)c5ccccc5n6-c5ccccc5)ccc3n4-c3ccccc3)CC2)c2cccc(C)c2)c1. The van der Waals surface area contributed by atoms with Crippen LogP contribution < -0.4 is 4.90 Å². The highest BCUT2D eigenvalue weighted by molar-refractivity contribution is 6.13. The summed E-state index contributed by atoms with van der Waals surface area (Å²) in [6, 6.07) is 69.0. The van der Waals surface area contributed by atoms with Gasteiger partial charge < -0.3 is 14.0 Å². The third-order valence-corrected chi connectivity index (χ3v) is 12.1. The van der Waals surface area contributed by atoms with E-state index < -0.39 is 0 Å². The van der Waals surface area contributed by atoms with Gasteiger partial charge in [0.1, 0.15) is 0 Å². The molecule has 0 radical (unpaired) electrons. The second-order valence-electron chi connectivity index (χ2n) is 15.9. The molecule has 0 atom stereocenters. The van der Waals surface area contributed by atoms with E-state index in [-0.39, 0.29) is 0 Å². The Kier molecular flexibility index (Phi) is 8.41. The van der Waals surface area contributed by atoms with Gasteiger partial charge in [0.2, 0.25) is 0 Å². The zero-order valence-corrected chi connectivity index (χ0v) is 33.3. The molecule has 8 aromatic carbocycles. The van der Waals surface area contributed by atoms with Crippen LogP contribution >= 0.6 is 0 Å². The number of rotatable bonds is 7. The summed E-state index contributed by atoms with van der Waals surface area (Å²) in [5.41, 5.74) is 18.5. The summed E-state index contributed by atoms with van der Waals surface area (Å²) < 4.78 is 4.80. The molecule has 1 aliphatic carbocycles. The molecule has 3 heteroatoms. The van der Waals surface area contributed by atoms with Crippen LogP contribution in [0.2, 0.25) is 0 Å². The molecule has 0 saturated heterocycles. The van der Waals surface area contributed by atoms with E-state index in [1.807, 2.05) is 0 Å². The Balaban J connectivity index is 1.04. The number of nitrogens with zero attached hydrogens (tertiary/aromatic N) is 3. The van der Waals surface area contributed by atoms with Gasteiger partial charge in [0.05, 0.1) is 22.1 Å². The van der Waals surface area contributed by atoms with Crippen molar-refractivity contribution in [3.63, 3.8) is 0 Å². The van der Waals surface area contributed by atoms with Crippen molar-refractivity contribution < 1.29 is 0 Å². The minimum absolute atomic E-state index is 0.949. The number of aromatic nitrogens is 2. The molecule has 1 aliphatic rings. The summed E-state index contributed by atoms with van der Waals surface area (Å²) in [5.74, 6) is 0. The van der Waals surface area contributed by atoms with Gasteiger partial charge in [-0.25, -0.2) is 0 Å². The molecule has 3 nitrogen and oxygen atoms in total. The van der Waals surface area contributed by atoms with Gasteiger partial charge in [0, 0.05) is 50.0 Å². The molecule has 10 aromatic rings. The standard InChI is InChI=1S/C56H43N3/c1-38-13-11-19-47(33-38)57(48-20-12-14-39(2)34-48)46-28-23-40(24-29-46)41-25-30-55-51(35-41)52-37-43(27-32-56(52)59(55)45-17-7-4-8-18-45)42-26-31-54-50(36-42)49-21-9-10-22-53(49)58(54)44-15-5-3-6-16-44/h3-23,25-28,30-37H,24,29H2,1-2H3. The molecule has 2 heterocycles. The van der Waals surface area contributed by atoms with Gasteiger partial charge in [0.25, 0.3) is 0 Å². The summed E-state index contributed by atoms with van der Waals surface area (Å²) in [5, 5.41) is 5.05. The summed E-state index contributed by atoms with van der Waals surface area (Å²) >= 11 is 0. The van der Waals surface area contributed by atoms with Crippen LogP contribution in [0, 0.1) is 13.8 Å². The Labute approximate surface area is 345 Å². The number of aryl methyl sites for hydroxylation is 2. The van der Waals surface area contributed by atoms with Crippen LogP contribution in [0.5, 0.6) is 0 Å². The molecule has 0 bridgehead atoms. The predicted octanol–water partition coefficient (Wildman–Crippen LogP) is 15.1. The largest absolute Gasteiger partial charge is 0.314 e. The maximum absolute atomic E-state index is 2.43. The summed E-state index contributed by atoms with van der Waals surface area (Å²) in [4.78, 5) is 2.43. The number of hydrogen-bond acceptors (Lipinski definition) is 1. The highest BCUT2D eigenvalue weighted by atomic mass is 15.1. The van der Waals surface area contributed by atoms with Crippen LogP contribution in [-0.2, 0) is 0 Å². The second kappa shape index (κ2) is 14.2. The van der Waals surface area contributed by atoms with Gasteiger partial charge in [0.15, 0.2) is 0 Å². The van der Waals surface area contributed by atoms with E-state index in [9.17, 15) is 0 Å². The van der Waals surface area contributed by atoms with Crippen LogP contribution in [0.4, 0.5) is 11.4 Å². The number of benzene rings is 8. The Morgan fingerprint density at radius 2 is 0.847 bits per heavy atom. The quantitative estimate of drug-likeness (QED) is 0.158. The van der Waals surface area contributed by atoms with Crippen molar-refractivity contribution in [3.8, 4) is 22.5 Å². The number of fused-ring (bicyclic) bond motifs is 6. The van der Waals surface area contributed by atoms with Crippen molar-refractivity contribution in [2.45, 2.75) is 26.7 Å². The molecule has 0 unspecified atom stereocenters. The second-order valence-corrected chi connectivity index (χ2v) is 15.9. The first kappa shape index (κ1) is 34.9. The first-order valence-electron chi connectivity index (χ1n) is 20.6. The zero-order chi connectivity index (χ0) is 39.5. The molecule has 0 saturated carbocycles. The number of allylic oxidation sites excluding steroid dienone is 4. The van der Waals surface area contributed by atoms with Gasteiger partial charge in [-0.15, -0.1) is 0 Å². The molecular weight excluding hydrogens is 715 g/mol. The van der Waals surface area contributed by atoms with E-state index in [1.165, 1.54) is 105 Å². The minimum Gasteiger partial charge on any atom is -0.314 e. The van der Waals surface area contributed by atoms with E-state index in [1.54, 1.807) is 0 Å². The zero-order valence-electron chi connectivity index (χ0n) is 33.3. The molecule has 0 amide bonds. The molecule has 59 heavy (non-hydrogen) atoms. The van der Waals surface area contributed by atoms with Crippen LogP contribution in [0.1, 0.15) is 29.5 Å². The first-order valence-corrected chi connectivity index (χ1v) is 20.6. The van der Waals surface area contributed by atoms with Crippen molar-refractivity contribution >= 4 is 60.6 Å². The molecule has 282 valence electrons. The van der Waals surface area contributed by atoms with Crippen LogP contribution in [0.25, 0.3) is 71.7 Å². The molecule has 0 N–H and O–H groups in total. The monoisotopic (exact) mass is 757 g/mol. The molecular formula is C56H43N3. The fourth-order valence-corrected chi connectivity index (χ4v) is 9.33. The average molecular weight is 758 g/mol. The van der Waals surface area contributed by atoms with Gasteiger partial charge >= 0.3 is 0 Å². The highest BCUT2D eigenvalue weighted by Crippen LogP contribution is 2.41. The summed E-state index contributed by atoms with van der Waals surface area (Å²) in [7, 11) is 0. The molecule has 0 aliphatic heterocycles. The average Bonchev–Trinajstić information content (AvgIpc) is 3.79. The molecule has 11 rings (SSSR count). The highest BCUT2D eigenvalue weighted by Gasteiger charge is 2.21. The van der Waals surface area contributed by atoms with Crippen molar-refractivity contribution in [1.29, 1.82) is 0 Å². The Morgan fingerprint density at radius 3 is 1.37 bits per heavy atom. The third kappa shape index (κ3) is 6.06. The smallest absolute Gasteiger partial charge is 0.0541 e. The lowest BCUT2D eigenvalue weighted by Gasteiger charge is -2.30. The van der Waals surface area contributed by atoms with Crippen LogP contribution in [0.3, 0.4) is 0 Å². The summed E-state index contributed by atoms with van der Waals surface area (Å²) in [6.07, 6.45) is 6.60. The molecule has 0 fully saturated rings. The lowest BCUT2D eigenvalue weighted by atomic mass is 9.93. The van der Waals surface area contributed by atoms with Gasteiger partial charge in [-0.2, -0.15) is 0 Å².